The number of carbonyl (C=O) groups excluding carboxylic acids is 1. The monoisotopic (exact) mass is 373 g/mol. The van der Waals surface area contributed by atoms with Gasteiger partial charge in [0.1, 0.15) is 12.4 Å². The summed E-state index contributed by atoms with van der Waals surface area (Å²) < 4.78 is 7.92. The second-order valence-electron chi connectivity index (χ2n) is 7.98. The zero-order chi connectivity index (χ0) is 19.3. The predicted octanol–water partition coefficient (Wildman–Crippen LogP) is 3.73. The van der Waals surface area contributed by atoms with Gasteiger partial charge in [0.15, 0.2) is 0 Å². The van der Waals surface area contributed by atoms with E-state index in [1.165, 1.54) is 11.1 Å². The van der Waals surface area contributed by atoms with Crippen molar-refractivity contribution in [2.75, 3.05) is 6.61 Å². The van der Waals surface area contributed by atoms with E-state index in [0.717, 1.165) is 41.8 Å². The van der Waals surface area contributed by atoms with E-state index in [1.54, 1.807) is 6.20 Å². The van der Waals surface area contributed by atoms with Crippen molar-refractivity contribution in [1.82, 2.24) is 15.1 Å². The summed E-state index contributed by atoms with van der Waals surface area (Å²) in [7, 11) is 0. The highest BCUT2D eigenvalue weighted by Gasteiger charge is 2.47. The lowest BCUT2D eigenvalue weighted by molar-refractivity contribution is 0.0932. The molecule has 0 radical (unpaired) electrons. The van der Waals surface area contributed by atoms with Gasteiger partial charge in [-0.05, 0) is 79.6 Å². The summed E-state index contributed by atoms with van der Waals surface area (Å²) in [5, 5.41) is 7.44. The summed E-state index contributed by atoms with van der Waals surface area (Å²) >= 11 is 0. The number of nitrogens with zero attached hydrogens (tertiary/aromatic N) is 2. The Bertz CT molecular complexity index is 1050. The molecule has 1 saturated carbocycles. The lowest BCUT2D eigenvalue weighted by atomic mass is 9.93. The minimum atomic E-state index is -0.140. The number of ether oxygens (including phenoxy) is 1. The van der Waals surface area contributed by atoms with Gasteiger partial charge < -0.3 is 10.1 Å². The van der Waals surface area contributed by atoms with Crippen LogP contribution in [0, 0.1) is 13.8 Å². The molecule has 1 aromatic heterocycles. The summed E-state index contributed by atoms with van der Waals surface area (Å²) in [5.74, 6) is 0.736. The van der Waals surface area contributed by atoms with Crippen molar-refractivity contribution in [2.45, 2.75) is 38.6 Å². The summed E-state index contributed by atoms with van der Waals surface area (Å²) in [6, 6.07) is 12.3. The number of hydrogen-bond acceptors (Lipinski definition) is 3. The van der Waals surface area contributed by atoms with Crippen LogP contribution >= 0.6 is 0 Å². The third-order valence-corrected chi connectivity index (χ3v) is 6.02. The lowest BCUT2D eigenvalue weighted by Crippen LogP contribution is -2.38. The Hall–Kier alpha value is -3.08. The van der Waals surface area contributed by atoms with E-state index in [4.69, 9.17) is 4.74 Å². The van der Waals surface area contributed by atoms with E-state index >= 15 is 0 Å². The number of hydrogen-bond donors (Lipinski definition) is 1. The fraction of sp³-hybridized carbons (Fsp3) is 0.304. The van der Waals surface area contributed by atoms with Crippen molar-refractivity contribution in [3.63, 3.8) is 0 Å². The first-order valence-electron chi connectivity index (χ1n) is 9.72. The first kappa shape index (κ1) is 17.0. The zero-order valence-corrected chi connectivity index (χ0v) is 16.2. The minimum Gasteiger partial charge on any atom is -0.490 e. The first-order valence-corrected chi connectivity index (χ1v) is 9.72. The van der Waals surface area contributed by atoms with Gasteiger partial charge in [-0.3, -0.25) is 4.79 Å². The van der Waals surface area contributed by atoms with E-state index in [0.29, 0.717) is 12.2 Å². The van der Waals surface area contributed by atoms with Crippen molar-refractivity contribution in [1.29, 1.82) is 0 Å². The summed E-state index contributed by atoms with van der Waals surface area (Å²) in [4.78, 5) is 12.8. The number of amides is 1. The molecule has 28 heavy (non-hydrogen) atoms. The lowest BCUT2D eigenvalue weighted by Gasteiger charge is -2.16. The molecule has 5 heteroatoms. The maximum Gasteiger partial charge on any atom is 0.255 e. The molecule has 5 nitrogen and oxygen atoms in total. The highest BCUT2D eigenvalue weighted by Crippen LogP contribution is 2.41. The highest BCUT2D eigenvalue weighted by atomic mass is 16.5. The number of benzene rings is 2. The third kappa shape index (κ3) is 2.87. The number of rotatable bonds is 3. The molecule has 1 amide bonds. The predicted molar refractivity (Wildman–Crippen MR) is 107 cm³/mol. The molecule has 1 fully saturated rings. The van der Waals surface area contributed by atoms with Gasteiger partial charge in [-0.2, -0.15) is 5.10 Å². The molecule has 3 aromatic rings. The van der Waals surface area contributed by atoms with E-state index in [-0.39, 0.29) is 11.4 Å². The highest BCUT2D eigenvalue weighted by molar-refractivity contribution is 5.99. The normalized spacial score (nSPS) is 16.9. The van der Waals surface area contributed by atoms with Crippen LogP contribution in [0.4, 0.5) is 0 Å². The Morgan fingerprint density at radius 2 is 1.96 bits per heavy atom. The van der Waals surface area contributed by atoms with Gasteiger partial charge in [0, 0.05) is 12.4 Å². The molecule has 0 unspecified atom stereocenters. The standard InChI is InChI=1S/C23H23N3O2/c1-15-16(2)21-20(22(27)25-23(8-9-23)14-28-21)13-18(15)12-17-4-6-19(7-5-17)26-11-3-10-24-26/h3-7,10-11,13H,8-9,12,14H2,1-2H3,(H,25,27). The third-order valence-electron chi connectivity index (χ3n) is 6.02. The number of aromatic nitrogens is 2. The Morgan fingerprint density at radius 1 is 1.18 bits per heavy atom. The van der Waals surface area contributed by atoms with Crippen LogP contribution in [0.3, 0.4) is 0 Å². The van der Waals surface area contributed by atoms with E-state index in [1.807, 2.05) is 23.0 Å². The second kappa shape index (κ2) is 6.23. The van der Waals surface area contributed by atoms with Crippen LogP contribution in [0.25, 0.3) is 5.69 Å². The molecule has 2 aromatic carbocycles. The van der Waals surface area contributed by atoms with Crippen LogP contribution in [-0.2, 0) is 6.42 Å². The quantitative estimate of drug-likeness (QED) is 0.761. The molecule has 0 atom stereocenters. The topological polar surface area (TPSA) is 56.1 Å². The summed E-state index contributed by atoms with van der Waals surface area (Å²) in [6.45, 7) is 4.74. The van der Waals surface area contributed by atoms with Gasteiger partial charge in [-0.25, -0.2) is 4.68 Å². The summed E-state index contributed by atoms with van der Waals surface area (Å²) in [5.41, 5.74) is 6.17. The van der Waals surface area contributed by atoms with Crippen LogP contribution < -0.4 is 10.1 Å². The Kier molecular flexibility index (Phi) is 3.79. The van der Waals surface area contributed by atoms with Gasteiger partial charge in [-0.15, -0.1) is 0 Å². The smallest absolute Gasteiger partial charge is 0.255 e. The van der Waals surface area contributed by atoms with Gasteiger partial charge >= 0.3 is 0 Å². The van der Waals surface area contributed by atoms with Crippen LogP contribution in [0.1, 0.15) is 45.5 Å². The second-order valence-corrected chi connectivity index (χ2v) is 7.98. The number of fused-ring (bicyclic) bond motifs is 1. The molecular weight excluding hydrogens is 350 g/mol. The average Bonchev–Trinajstić information content (AvgIpc) is 3.26. The Morgan fingerprint density at radius 3 is 2.64 bits per heavy atom. The van der Waals surface area contributed by atoms with Crippen molar-refractivity contribution in [2.24, 2.45) is 0 Å². The van der Waals surface area contributed by atoms with Gasteiger partial charge in [0.05, 0.1) is 16.8 Å². The molecule has 5 rings (SSSR count). The minimum absolute atomic E-state index is 0.0108. The van der Waals surface area contributed by atoms with Gasteiger partial charge in [0.2, 0.25) is 0 Å². The molecule has 1 aliphatic heterocycles. The van der Waals surface area contributed by atoms with Gasteiger partial charge in [0.25, 0.3) is 5.91 Å². The van der Waals surface area contributed by atoms with Crippen molar-refractivity contribution >= 4 is 5.91 Å². The van der Waals surface area contributed by atoms with E-state index < -0.39 is 0 Å². The fourth-order valence-electron chi connectivity index (χ4n) is 3.88. The Labute approximate surface area is 164 Å². The molecule has 1 N–H and O–H groups in total. The summed E-state index contributed by atoms with van der Waals surface area (Å²) in [6.07, 6.45) is 6.48. The fourth-order valence-corrected chi connectivity index (χ4v) is 3.88. The van der Waals surface area contributed by atoms with Gasteiger partial charge in [-0.1, -0.05) is 12.1 Å². The zero-order valence-electron chi connectivity index (χ0n) is 16.2. The SMILES string of the molecule is Cc1c(Cc2ccc(-n3cccn3)cc2)cc2c(c1C)OCC1(CC1)NC2=O. The molecule has 0 bridgehead atoms. The molecule has 2 aliphatic rings. The Balaban J connectivity index is 1.46. The molecule has 1 spiro atoms. The molecular formula is C23H23N3O2. The van der Waals surface area contributed by atoms with Crippen LogP contribution in [0.15, 0.2) is 48.8 Å². The largest absolute Gasteiger partial charge is 0.490 e. The van der Waals surface area contributed by atoms with Crippen molar-refractivity contribution in [3.8, 4) is 11.4 Å². The molecule has 142 valence electrons. The van der Waals surface area contributed by atoms with Crippen molar-refractivity contribution < 1.29 is 9.53 Å². The number of nitrogens with one attached hydrogen (secondary N) is 1. The van der Waals surface area contributed by atoms with E-state index in [9.17, 15) is 4.79 Å². The maximum atomic E-state index is 12.8. The molecule has 1 aliphatic carbocycles. The van der Waals surface area contributed by atoms with Crippen molar-refractivity contribution in [3.05, 3.63) is 76.6 Å². The number of carbonyl (C=O) groups is 1. The maximum absolute atomic E-state index is 12.8. The molecule has 0 saturated heterocycles. The van der Waals surface area contributed by atoms with E-state index in [2.05, 4.69) is 48.5 Å². The van der Waals surface area contributed by atoms with Crippen LogP contribution in [-0.4, -0.2) is 27.8 Å². The average molecular weight is 373 g/mol. The molecule has 2 heterocycles. The van der Waals surface area contributed by atoms with Crippen LogP contribution in [0.5, 0.6) is 5.75 Å². The van der Waals surface area contributed by atoms with Crippen LogP contribution in [0.2, 0.25) is 0 Å². The first-order chi connectivity index (χ1) is 13.5.